The standard InChI is InChI=1S/C6H14N2O/c1-5(2)8(3)6(9)4-7/h6,9H,1,4,7H2,2-3H3/t6-/m1/s1. The Balaban J connectivity index is 3.72. The average Bonchev–Trinajstić information content (AvgIpc) is 1.84. The van der Waals surface area contributed by atoms with Gasteiger partial charge in [0.1, 0.15) is 6.23 Å². The van der Waals surface area contributed by atoms with Crippen LogP contribution in [0.5, 0.6) is 0 Å². The summed E-state index contributed by atoms with van der Waals surface area (Å²) in [6, 6.07) is 0. The molecule has 0 saturated carbocycles. The Hall–Kier alpha value is -0.540. The van der Waals surface area contributed by atoms with E-state index in [-0.39, 0.29) is 6.54 Å². The molecule has 1 atom stereocenters. The van der Waals surface area contributed by atoms with E-state index < -0.39 is 6.23 Å². The molecule has 3 heteroatoms. The molecule has 9 heavy (non-hydrogen) atoms. The lowest BCUT2D eigenvalue weighted by Crippen LogP contribution is -2.35. The van der Waals surface area contributed by atoms with Crippen LogP contribution in [0, 0.1) is 0 Å². The zero-order chi connectivity index (χ0) is 7.44. The molecular formula is C6H14N2O. The lowest BCUT2D eigenvalue weighted by molar-refractivity contribution is 0.0546. The molecule has 0 radical (unpaired) electrons. The van der Waals surface area contributed by atoms with Crippen molar-refractivity contribution in [1.82, 2.24) is 4.90 Å². The van der Waals surface area contributed by atoms with Crippen LogP contribution in [0.25, 0.3) is 0 Å². The van der Waals surface area contributed by atoms with Crippen molar-refractivity contribution in [2.75, 3.05) is 13.6 Å². The summed E-state index contributed by atoms with van der Waals surface area (Å²) < 4.78 is 0. The average molecular weight is 130 g/mol. The van der Waals surface area contributed by atoms with Gasteiger partial charge in [-0.3, -0.25) is 0 Å². The van der Waals surface area contributed by atoms with Gasteiger partial charge in [-0.1, -0.05) is 6.58 Å². The molecule has 0 bridgehead atoms. The summed E-state index contributed by atoms with van der Waals surface area (Å²) in [5, 5.41) is 9.04. The van der Waals surface area contributed by atoms with E-state index in [1.165, 1.54) is 0 Å². The molecule has 0 aliphatic rings. The molecule has 0 spiro atoms. The third kappa shape index (κ3) is 2.49. The first kappa shape index (κ1) is 8.46. The normalized spacial score (nSPS) is 12.9. The van der Waals surface area contributed by atoms with Crippen molar-refractivity contribution in [1.29, 1.82) is 0 Å². The predicted molar refractivity (Wildman–Crippen MR) is 37.6 cm³/mol. The molecule has 0 aliphatic carbocycles. The molecule has 0 saturated heterocycles. The second-order valence-electron chi connectivity index (χ2n) is 2.06. The molecule has 3 N–H and O–H groups in total. The maximum Gasteiger partial charge on any atom is 0.138 e. The van der Waals surface area contributed by atoms with E-state index >= 15 is 0 Å². The SMILES string of the molecule is C=C(C)N(C)[C@H](O)CN. The summed E-state index contributed by atoms with van der Waals surface area (Å²) in [6.45, 7) is 5.69. The number of rotatable bonds is 3. The Labute approximate surface area is 55.8 Å². The number of likely N-dealkylation sites (N-methyl/N-ethyl adjacent to an activating group) is 1. The van der Waals surface area contributed by atoms with E-state index in [1.54, 1.807) is 11.9 Å². The Kier molecular flexibility index (Phi) is 3.27. The van der Waals surface area contributed by atoms with E-state index in [4.69, 9.17) is 10.8 Å². The third-order valence-electron chi connectivity index (χ3n) is 1.26. The molecule has 0 fully saturated rings. The lowest BCUT2D eigenvalue weighted by atomic mass is 10.4. The van der Waals surface area contributed by atoms with Crippen LogP contribution >= 0.6 is 0 Å². The van der Waals surface area contributed by atoms with Crippen molar-refractivity contribution in [2.24, 2.45) is 5.73 Å². The fraction of sp³-hybridized carbons (Fsp3) is 0.667. The van der Waals surface area contributed by atoms with Gasteiger partial charge in [-0.15, -0.1) is 0 Å². The zero-order valence-electron chi connectivity index (χ0n) is 5.96. The van der Waals surface area contributed by atoms with Gasteiger partial charge in [0.15, 0.2) is 0 Å². The summed E-state index contributed by atoms with van der Waals surface area (Å²) >= 11 is 0. The Morgan fingerprint density at radius 1 is 1.89 bits per heavy atom. The number of aliphatic hydroxyl groups excluding tert-OH is 1. The molecule has 0 heterocycles. The minimum Gasteiger partial charge on any atom is -0.372 e. The highest BCUT2D eigenvalue weighted by Gasteiger charge is 2.05. The molecule has 3 nitrogen and oxygen atoms in total. The number of hydrogen-bond acceptors (Lipinski definition) is 3. The summed E-state index contributed by atoms with van der Waals surface area (Å²) in [4.78, 5) is 1.62. The van der Waals surface area contributed by atoms with Crippen LogP contribution in [0.15, 0.2) is 12.3 Å². The monoisotopic (exact) mass is 130 g/mol. The lowest BCUT2D eigenvalue weighted by Gasteiger charge is -2.23. The van der Waals surface area contributed by atoms with E-state index in [0.29, 0.717) is 0 Å². The molecule has 0 aromatic carbocycles. The van der Waals surface area contributed by atoms with Crippen LogP contribution in [0.1, 0.15) is 6.92 Å². The fourth-order valence-corrected chi connectivity index (χ4v) is 0.413. The van der Waals surface area contributed by atoms with Crippen LogP contribution in [0.2, 0.25) is 0 Å². The largest absolute Gasteiger partial charge is 0.372 e. The number of allylic oxidation sites excluding steroid dienone is 1. The van der Waals surface area contributed by atoms with Crippen molar-refractivity contribution < 1.29 is 5.11 Å². The summed E-state index contributed by atoms with van der Waals surface area (Å²) in [6.07, 6.45) is -0.595. The van der Waals surface area contributed by atoms with Crippen molar-refractivity contribution in [2.45, 2.75) is 13.2 Å². The van der Waals surface area contributed by atoms with Gasteiger partial charge >= 0.3 is 0 Å². The van der Waals surface area contributed by atoms with Crippen molar-refractivity contribution in [3.63, 3.8) is 0 Å². The van der Waals surface area contributed by atoms with Gasteiger partial charge < -0.3 is 15.7 Å². The van der Waals surface area contributed by atoms with Crippen molar-refractivity contribution in [3.05, 3.63) is 12.3 Å². The number of hydrogen-bond donors (Lipinski definition) is 2. The van der Waals surface area contributed by atoms with Crippen LogP contribution in [0.3, 0.4) is 0 Å². The minimum atomic E-state index is -0.595. The second kappa shape index (κ2) is 3.48. The molecule has 0 aliphatic heterocycles. The first-order chi connectivity index (χ1) is 4.09. The zero-order valence-corrected chi connectivity index (χ0v) is 5.96. The Bertz CT molecular complexity index is 103. The molecule has 0 aromatic heterocycles. The van der Waals surface area contributed by atoms with E-state index in [9.17, 15) is 0 Å². The van der Waals surface area contributed by atoms with Crippen molar-refractivity contribution >= 4 is 0 Å². The topological polar surface area (TPSA) is 49.5 Å². The van der Waals surface area contributed by atoms with Crippen molar-refractivity contribution in [3.8, 4) is 0 Å². The third-order valence-corrected chi connectivity index (χ3v) is 1.26. The highest BCUT2D eigenvalue weighted by molar-refractivity contribution is 4.87. The molecule has 0 rings (SSSR count). The summed E-state index contributed by atoms with van der Waals surface area (Å²) in [5.41, 5.74) is 5.99. The number of nitrogens with zero attached hydrogens (tertiary/aromatic N) is 1. The maximum atomic E-state index is 9.04. The van der Waals surface area contributed by atoms with Crippen LogP contribution < -0.4 is 5.73 Å². The van der Waals surface area contributed by atoms with Crippen LogP contribution in [0.4, 0.5) is 0 Å². The summed E-state index contributed by atoms with van der Waals surface area (Å²) in [7, 11) is 1.75. The first-order valence-electron chi connectivity index (χ1n) is 2.86. The van der Waals surface area contributed by atoms with E-state index in [2.05, 4.69) is 6.58 Å². The molecule has 0 amide bonds. The highest BCUT2D eigenvalue weighted by atomic mass is 16.3. The molecule has 0 aromatic rings. The highest BCUT2D eigenvalue weighted by Crippen LogP contribution is 1.98. The van der Waals surface area contributed by atoms with Gasteiger partial charge in [-0.05, 0) is 6.92 Å². The Morgan fingerprint density at radius 3 is 2.44 bits per heavy atom. The first-order valence-corrected chi connectivity index (χ1v) is 2.86. The van der Waals surface area contributed by atoms with Gasteiger partial charge in [0, 0.05) is 19.3 Å². The van der Waals surface area contributed by atoms with Gasteiger partial charge in [0.05, 0.1) is 0 Å². The van der Waals surface area contributed by atoms with E-state index in [0.717, 1.165) is 5.70 Å². The predicted octanol–water partition coefficient (Wildman–Crippen LogP) is -0.271. The minimum absolute atomic E-state index is 0.239. The molecule has 0 unspecified atom stereocenters. The van der Waals surface area contributed by atoms with Gasteiger partial charge in [-0.2, -0.15) is 0 Å². The summed E-state index contributed by atoms with van der Waals surface area (Å²) in [5.74, 6) is 0. The van der Waals surface area contributed by atoms with Gasteiger partial charge in [-0.25, -0.2) is 0 Å². The Morgan fingerprint density at radius 2 is 2.33 bits per heavy atom. The van der Waals surface area contributed by atoms with Gasteiger partial charge in [0.25, 0.3) is 0 Å². The quantitative estimate of drug-likeness (QED) is 0.517. The van der Waals surface area contributed by atoms with Gasteiger partial charge in [0.2, 0.25) is 0 Å². The molecular weight excluding hydrogens is 116 g/mol. The maximum absolute atomic E-state index is 9.04. The molecule has 54 valence electrons. The number of aliphatic hydroxyl groups is 1. The number of nitrogens with two attached hydrogens (primary N) is 1. The smallest absolute Gasteiger partial charge is 0.138 e. The van der Waals surface area contributed by atoms with E-state index in [1.807, 2.05) is 6.92 Å². The van der Waals surface area contributed by atoms with Crippen LogP contribution in [-0.4, -0.2) is 29.8 Å². The fourth-order valence-electron chi connectivity index (χ4n) is 0.413. The van der Waals surface area contributed by atoms with Crippen LogP contribution in [-0.2, 0) is 0 Å². The second-order valence-corrected chi connectivity index (χ2v) is 2.06.